The van der Waals surface area contributed by atoms with E-state index in [4.69, 9.17) is 0 Å². The van der Waals surface area contributed by atoms with Crippen LogP contribution in [0, 0.1) is 10.8 Å². The quantitative estimate of drug-likeness (QED) is 0.313. The molecule has 1 N–H and O–H groups in total. The first-order valence-electron chi connectivity index (χ1n) is 9.97. The smallest absolute Gasteiger partial charge is 0.220 e. The van der Waals surface area contributed by atoms with Crippen molar-refractivity contribution >= 4 is 5.91 Å². The minimum atomic E-state index is 0.0866. The third-order valence-corrected chi connectivity index (χ3v) is 4.48. The van der Waals surface area contributed by atoms with Crippen molar-refractivity contribution in [1.82, 2.24) is 5.32 Å². The Morgan fingerprint density at radius 3 is 1.71 bits per heavy atom. The summed E-state index contributed by atoms with van der Waals surface area (Å²) in [6.45, 7) is 18.1. The topological polar surface area (TPSA) is 29.1 Å². The Hall–Kier alpha value is -0.790. The zero-order chi connectivity index (χ0) is 18.6. The second-order valence-electron chi connectivity index (χ2n) is 9.52. The minimum Gasteiger partial charge on any atom is -0.356 e. The third-order valence-electron chi connectivity index (χ3n) is 4.48. The number of allylic oxidation sites excluding steroid dienone is 1. The first-order valence-corrected chi connectivity index (χ1v) is 9.97. The zero-order valence-electron chi connectivity index (χ0n) is 17.4. The maximum atomic E-state index is 11.7. The van der Waals surface area contributed by atoms with Crippen LogP contribution in [0.15, 0.2) is 12.2 Å². The van der Waals surface area contributed by atoms with Crippen molar-refractivity contribution in [1.29, 1.82) is 0 Å². The fraction of sp³-hybridized carbons (Fsp3) is 0.864. The monoisotopic (exact) mass is 337 g/mol. The number of hydrogen-bond donors (Lipinski definition) is 1. The van der Waals surface area contributed by atoms with E-state index in [1.54, 1.807) is 0 Å². The SMILES string of the molecule is C=C(CCCCCCCCCCNC(=O)CC(C)(C)C)C(C)(C)C. The van der Waals surface area contributed by atoms with E-state index < -0.39 is 0 Å². The second kappa shape index (κ2) is 11.7. The van der Waals surface area contributed by atoms with Crippen LogP contribution in [0.1, 0.15) is 106 Å². The molecule has 0 radical (unpaired) electrons. The van der Waals surface area contributed by atoms with Crippen molar-refractivity contribution in [3.63, 3.8) is 0 Å². The average Bonchev–Trinajstić information content (AvgIpc) is 2.41. The summed E-state index contributed by atoms with van der Waals surface area (Å²) >= 11 is 0. The van der Waals surface area contributed by atoms with Gasteiger partial charge in [-0.3, -0.25) is 4.79 Å². The molecule has 0 rings (SSSR count). The van der Waals surface area contributed by atoms with Gasteiger partial charge in [-0.25, -0.2) is 0 Å². The highest BCUT2D eigenvalue weighted by Gasteiger charge is 2.15. The van der Waals surface area contributed by atoms with E-state index in [2.05, 4.69) is 53.4 Å². The van der Waals surface area contributed by atoms with Crippen molar-refractivity contribution in [2.45, 2.75) is 106 Å². The molecule has 0 bridgehead atoms. The van der Waals surface area contributed by atoms with Gasteiger partial charge in [-0.15, -0.1) is 0 Å². The number of carbonyl (C=O) groups is 1. The van der Waals surface area contributed by atoms with Crippen molar-refractivity contribution in [3.8, 4) is 0 Å². The summed E-state index contributed by atoms with van der Waals surface area (Å²) in [5, 5.41) is 3.03. The van der Waals surface area contributed by atoms with Gasteiger partial charge in [0.25, 0.3) is 0 Å². The van der Waals surface area contributed by atoms with Gasteiger partial charge in [0.2, 0.25) is 5.91 Å². The van der Waals surface area contributed by atoms with Crippen LogP contribution >= 0.6 is 0 Å². The van der Waals surface area contributed by atoms with E-state index in [-0.39, 0.29) is 16.7 Å². The molecule has 0 spiro atoms. The molecule has 0 aromatic carbocycles. The van der Waals surface area contributed by atoms with Crippen LogP contribution in [0.2, 0.25) is 0 Å². The Balaban J connectivity index is 3.35. The average molecular weight is 338 g/mol. The molecule has 2 heteroatoms. The van der Waals surface area contributed by atoms with Gasteiger partial charge in [-0.1, -0.05) is 92.2 Å². The molecule has 0 heterocycles. The molecule has 24 heavy (non-hydrogen) atoms. The summed E-state index contributed by atoms with van der Waals surface area (Å²) in [7, 11) is 0. The van der Waals surface area contributed by atoms with E-state index in [0.29, 0.717) is 6.42 Å². The van der Waals surface area contributed by atoms with E-state index >= 15 is 0 Å². The number of nitrogens with one attached hydrogen (secondary N) is 1. The summed E-state index contributed by atoms with van der Waals surface area (Å²) in [5.74, 6) is 0.194. The summed E-state index contributed by atoms with van der Waals surface area (Å²) in [6.07, 6.45) is 12.1. The fourth-order valence-corrected chi connectivity index (χ4v) is 2.67. The Bertz CT molecular complexity index is 357. The van der Waals surface area contributed by atoms with E-state index in [0.717, 1.165) is 13.0 Å². The zero-order valence-corrected chi connectivity index (χ0v) is 17.4. The number of hydrogen-bond acceptors (Lipinski definition) is 1. The van der Waals surface area contributed by atoms with E-state index in [1.165, 1.54) is 56.9 Å². The maximum Gasteiger partial charge on any atom is 0.220 e. The van der Waals surface area contributed by atoms with E-state index in [1.807, 2.05) is 0 Å². The summed E-state index contributed by atoms with van der Waals surface area (Å²) < 4.78 is 0. The molecule has 1 amide bonds. The van der Waals surface area contributed by atoms with Crippen molar-refractivity contribution in [2.75, 3.05) is 6.54 Å². The molecule has 142 valence electrons. The van der Waals surface area contributed by atoms with Crippen LogP contribution in [-0.2, 0) is 4.79 Å². The van der Waals surface area contributed by atoms with Gasteiger partial charge in [-0.05, 0) is 30.1 Å². The first kappa shape index (κ1) is 23.2. The van der Waals surface area contributed by atoms with Crippen LogP contribution in [0.25, 0.3) is 0 Å². The largest absolute Gasteiger partial charge is 0.356 e. The van der Waals surface area contributed by atoms with Gasteiger partial charge < -0.3 is 5.32 Å². The number of carbonyl (C=O) groups excluding carboxylic acids is 1. The van der Waals surface area contributed by atoms with Gasteiger partial charge >= 0.3 is 0 Å². The van der Waals surface area contributed by atoms with Crippen LogP contribution in [0.4, 0.5) is 0 Å². The van der Waals surface area contributed by atoms with Gasteiger partial charge in [-0.2, -0.15) is 0 Å². The summed E-state index contributed by atoms with van der Waals surface area (Å²) in [5.41, 5.74) is 1.74. The normalized spacial score (nSPS) is 12.2. The molecular weight excluding hydrogens is 294 g/mol. The van der Waals surface area contributed by atoms with Gasteiger partial charge in [0.15, 0.2) is 0 Å². The van der Waals surface area contributed by atoms with Crippen LogP contribution in [0.3, 0.4) is 0 Å². The van der Waals surface area contributed by atoms with E-state index in [9.17, 15) is 4.79 Å². The van der Waals surface area contributed by atoms with Gasteiger partial charge in [0.1, 0.15) is 0 Å². The molecule has 0 aromatic rings. The third kappa shape index (κ3) is 14.8. The highest BCUT2D eigenvalue weighted by Crippen LogP contribution is 2.27. The van der Waals surface area contributed by atoms with Crippen molar-refractivity contribution in [3.05, 3.63) is 12.2 Å². The molecular formula is C22H43NO. The molecule has 2 nitrogen and oxygen atoms in total. The Morgan fingerprint density at radius 1 is 0.792 bits per heavy atom. The first-order chi connectivity index (χ1) is 11.0. The molecule has 0 unspecified atom stereocenters. The Kier molecular flexibility index (Phi) is 11.3. The molecule has 0 saturated heterocycles. The summed E-state index contributed by atoms with van der Waals surface area (Å²) in [4.78, 5) is 11.7. The molecule has 0 aliphatic carbocycles. The van der Waals surface area contributed by atoms with Gasteiger partial charge in [0, 0.05) is 13.0 Å². The molecule has 0 aliphatic heterocycles. The number of rotatable bonds is 12. The fourth-order valence-electron chi connectivity index (χ4n) is 2.67. The van der Waals surface area contributed by atoms with Crippen LogP contribution in [-0.4, -0.2) is 12.5 Å². The molecule has 0 fully saturated rings. The Morgan fingerprint density at radius 2 is 1.25 bits per heavy atom. The highest BCUT2D eigenvalue weighted by molar-refractivity contribution is 5.76. The van der Waals surface area contributed by atoms with Crippen molar-refractivity contribution < 1.29 is 4.79 Å². The molecule has 0 saturated carbocycles. The molecule has 0 atom stereocenters. The molecule has 0 aliphatic rings. The molecule has 0 aromatic heterocycles. The van der Waals surface area contributed by atoms with Crippen LogP contribution < -0.4 is 5.32 Å². The predicted octanol–water partition coefficient (Wildman–Crippen LogP) is 6.65. The predicted molar refractivity (Wildman–Crippen MR) is 107 cm³/mol. The lowest BCUT2D eigenvalue weighted by Crippen LogP contribution is -2.28. The lowest BCUT2D eigenvalue weighted by atomic mass is 9.84. The Labute approximate surface area is 151 Å². The minimum absolute atomic E-state index is 0.0866. The standard InChI is InChI=1S/C22H43NO/c1-19(22(5,6)7)16-14-12-10-8-9-11-13-15-17-23-20(24)18-21(2,3)4/h1,8-18H2,2-7H3,(H,23,24). The highest BCUT2D eigenvalue weighted by atomic mass is 16.1. The second-order valence-corrected chi connectivity index (χ2v) is 9.52. The lowest BCUT2D eigenvalue weighted by molar-refractivity contribution is -0.122. The number of amides is 1. The van der Waals surface area contributed by atoms with Crippen molar-refractivity contribution in [2.24, 2.45) is 10.8 Å². The van der Waals surface area contributed by atoms with Gasteiger partial charge in [0.05, 0.1) is 0 Å². The maximum absolute atomic E-state index is 11.7. The lowest BCUT2D eigenvalue weighted by Gasteiger charge is -2.21. The number of unbranched alkanes of at least 4 members (excludes halogenated alkanes) is 7. The van der Waals surface area contributed by atoms with Crippen LogP contribution in [0.5, 0.6) is 0 Å². The summed E-state index contributed by atoms with van der Waals surface area (Å²) in [6, 6.07) is 0.